The van der Waals surface area contributed by atoms with E-state index in [2.05, 4.69) is 16.0 Å². The number of aromatic nitrogens is 2. The molecule has 16 heavy (non-hydrogen) atoms. The van der Waals surface area contributed by atoms with Crippen LogP contribution in [0.4, 0.5) is 5.82 Å². The molecule has 0 saturated carbocycles. The van der Waals surface area contributed by atoms with Crippen molar-refractivity contribution in [2.24, 2.45) is 0 Å². The van der Waals surface area contributed by atoms with Crippen molar-refractivity contribution in [1.82, 2.24) is 9.97 Å². The zero-order valence-corrected chi connectivity index (χ0v) is 8.68. The molecule has 0 saturated heterocycles. The molecule has 4 nitrogen and oxygen atoms in total. The lowest BCUT2D eigenvalue weighted by Gasteiger charge is -2.03. The van der Waals surface area contributed by atoms with Gasteiger partial charge in [0.2, 0.25) is 0 Å². The second-order valence-corrected chi connectivity index (χ2v) is 3.73. The summed E-state index contributed by atoms with van der Waals surface area (Å²) < 4.78 is 5.45. The first-order chi connectivity index (χ1) is 7.83. The fraction of sp³-hybridized carbons (Fsp3) is 0.167. The van der Waals surface area contributed by atoms with E-state index in [4.69, 9.17) is 10.5 Å². The molecule has 1 aliphatic rings. The van der Waals surface area contributed by atoms with Crippen LogP contribution < -0.4 is 10.5 Å². The first kappa shape index (κ1) is 9.15. The molecule has 0 fully saturated rings. The van der Waals surface area contributed by atoms with Crippen LogP contribution in [-0.2, 0) is 6.42 Å². The highest BCUT2D eigenvalue weighted by Crippen LogP contribution is 2.29. The van der Waals surface area contributed by atoms with Gasteiger partial charge < -0.3 is 10.5 Å². The summed E-state index contributed by atoms with van der Waals surface area (Å²) in [4.78, 5) is 8.40. The molecule has 0 spiro atoms. The molecule has 0 unspecified atom stereocenters. The number of benzene rings is 1. The van der Waals surface area contributed by atoms with Crippen LogP contribution in [0.3, 0.4) is 0 Å². The fourth-order valence-corrected chi connectivity index (χ4v) is 1.84. The van der Waals surface area contributed by atoms with Crippen LogP contribution >= 0.6 is 0 Å². The molecule has 1 aromatic carbocycles. The van der Waals surface area contributed by atoms with Crippen LogP contribution in [0.25, 0.3) is 11.4 Å². The predicted molar refractivity (Wildman–Crippen MR) is 61.1 cm³/mol. The maximum absolute atomic E-state index is 5.63. The smallest absolute Gasteiger partial charge is 0.161 e. The van der Waals surface area contributed by atoms with E-state index < -0.39 is 0 Å². The van der Waals surface area contributed by atoms with Gasteiger partial charge in [-0.1, -0.05) is 0 Å². The van der Waals surface area contributed by atoms with Gasteiger partial charge in [-0.25, -0.2) is 9.97 Å². The maximum Gasteiger partial charge on any atom is 0.161 e. The Bertz CT molecular complexity index is 540. The molecule has 0 amide bonds. The van der Waals surface area contributed by atoms with Crippen molar-refractivity contribution in [3.8, 4) is 17.1 Å². The number of nitrogen functional groups attached to an aromatic ring is 1. The fourth-order valence-electron chi connectivity index (χ4n) is 1.84. The number of ether oxygens (including phenoxy) is 1. The number of hydrogen-bond donors (Lipinski definition) is 1. The Kier molecular flexibility index (Phi) is 1.99. The third-order valence-corrected chi connectivity index (χ3v) is 2.62. The van der Waals surface area contributed by atoms with Gasteiger partial charge in [0.05, 0.1) is 6.61 Å². The second-order valence-electron chi connectivity index (χ2n) is 3.73. The average molecular weight is 213 g/mol. The molecule has 2 heterocycles. The van der Waals surface area contributed by atoms with Gasteiger partial charge in [-0.05, 0) is 29.8 Å². The zero-order chi connectivity index (χ0) is 11.0. The molecule has 2 N–H and O–H groups in total. The number of rotatable bonds is 1. The third-order valence-electron chi connectivity index (χ3n) is 2.62. The van der Waals surface area contributed by atoms with Gasteiger partial charge in [-0.3, -0.25) is 0 Å². The SMILES string of the molecule is Nc1ccnc(-c2ccc3c(c2)CCO3)n1. The molecule has 0 aliphatic carbocycles. The Morgan fingerprint density at radius 1 is 1.25 bits per heavy atom. The van der Waals surface area contributed by atoms with Crippen LogP contribution in [0.2, 0.25) is 0 Å². The van der Waals surface area contributed by atoms with E-state index in [0.717, 1.165) is 24.3 Å². The van der Waals surface area contributed by atoms with Gasteiger partial charge in [0.1, 0.15) is 11.6 Å². The lowest BCUT2D eigenvalue weighted by Crippen LogP contribution is -1.94. The number of nitrogens with two attached hydrogens (primary N) is 1. The minimum absolute atomic E-state index is 0.488. The third kappa shape index (κ3) is 1.48. The van der Waals surface area contributed by atoms with Gasteiger partial charge in [-0.2, -0.15) is 0 Å². The van der Waals surface area contributed by atoms with Crippen molar-refractivity contribution in [3.63, 3.8) is 0 Å². The number of fused-ring (bicyclic) bond motifs is 1. The first-order valence-corrected chi connectivity index (χ1v) is 5.17. The van der Waals surface area contributed by atoms with E-state index in [9.17, 15) is 0 Å². The van der Waals surface area contributed by atoms with Crippen LogP contribution in [0, 0.1) is 0 Å². The normalized spacial score (nSPS) is 13.2. The zero-order valence-electron chi connectivity index (χ0n) is 8.68. The summed E-state index contributed by atoms with van der Waals surface area (Å²) in [5.41, 5.74) is 7.83. The predicted octanol–water partition coefficient (Wildman–Crippen LogP) is 1.66. The summed E-state index contributed by atoms with van der Waals surface area (Å²) in [6, 6.07) is 7.67. The van der Waals surface area contributed by atoms with E-state index in [-0.39, 0.29) is 0 Å². The minimum atomic E-state index is 0.488. The summed E-state index contributed by atoms with van der Waals surface area (Å²) in [5.74, 6) is 2.11. The topological polar surface area (TPSA) is 61.0 Å². The van der Waals surface area contributed by atoms with Crippen molar-refractivity contribution in [2.45, 2.75) is 6.42 Å². The maximum atomic E-state index is 5.63. The highest BCUT2D eigenvalue weighted by Gasteiger charge is 2.13. The summed E-state index contributed by atoms with van der Waals surface area (Å²) in [6.45, 7) is 0.760. The number of nitrogens with zero attached hydrogens (tertiary/aromatic N) is 2. The lowest BCUT2D eigenvalue weighted by atomic mass is 10.1. The van der Waals surface area contributed by atoms with E-state index in [1.54, 1.807) is 12.3 Å². The van der Waals surface area contributed by atoms with Gasteiger partial charge in [0.15, 0.2) is 5.82 Å². The number of anilines is 1. The largest absolute Gasteiger partial charge is 0.493 e. The average Bonchev–Trinajstić information content (AvgIpc) is 2.75. The Hall–Kier alpha value is -2.10. The summed E-state index contributed by atoms with van der Waals surface area (Å²) >= 11 is 0. The molecule has 3 rings (SSSR count). The summed E-state index contributed by atoms with van der Waals surface area (Å²) in [6.07, 6.45) is 2.62. The Labute approximate surface area is 93.1 Å². The lowest BCUT2D eigenvalue weighted by molar-refractivity contribution is 0.357. The molecule has 0 atom stereocenters. The monoisotopic (exact) mass is 213 g/mol. The van der Waals surface area contributed by atoms with E-state index in [1.807, 2.05) is 12.1 Å². The molecule has 80 valence electrons. The van der Waals surface area contributed by atoms with Gasteiger partial charge in [0.25, 0.3) is 0 Å². The summed E-state index contributed by atoms with van der Waals surface area (Å²) in [5, 5.41) is 0. The molecule has 0 bridgehead atoms. The first-order valence-electron chi connectivity index (χ1n) is 5.17. The van der Waals surface area contributed by atoms with Crippen molar-refractivity contribution >= 4 is 5.82 Å². The minimum Gasteiger partial charge on any atom is -0.493 e. The molecule has 1 aromatic heterocycles. The summed E-state index contributed by atoms with van der Waals surface area (Å²) in [7, 11) is 0. The highest BCUT2D eigenvalue weighted by atomic mass is 16.5. The highest BCUT2D eigenvalue weighted by molar-refractivity contribution is 5.60. The second kappa shape index (κ2) is 3.48. The van der Waals surface area contributed by atoms with Crippen LogP contribution in [0.15, 0.2) is 30.5 Å². The Morgan fingerprint density at radius 2 is 2.19 bits per heavy atom. The van der Waals surface area contributed by atoms with Gasteiger partial charge >= 0.3 is 0 Å². The van der Waals surface area contributed by atoms with E-state index in [1.165, 1.54) is 5.56 Å². The molecular formula is C12H11N3O. The molecular weight excluding hydrogens is 202 g/mol. The Morgan fingerprint density at radius 3 is 3.06 bits per heavy atom. The van der Waals surface area contributed by atoms with Gasteiger partial charge in [-0.15, -0.1) is 0 Å². The van der Waals surface area contributed by atoms with E-state index in [0.29, 0.717) is 11.6 Å². The van der Waals surface area contributed by atoms with Crippen molar-refractivity contribution < 1.29 is 4.74 Å². The number of hydrogen-bond acceptors (Lipinski definition) is 4. The molecule has 1 aliphatic heterocycles. The van der Waals surface area contributed by atoms with Crippen molar-refractivity contribution in [3.05, 3.63) is 36.0 Å². The van der Waals surface area contributed by atoms with E-state index >= 15 is 0 Å². The van der Waals surface area contributed by atoms with Crippen molar-refractivity contribution in [1.29, 1.82) is 0 Å². The molecule has 4 heteroatoms. The standard InChI is InChI=1S/C12H11N3O/c13-11-3-5-14-12(15-11)9-1-2-10-8(7-9)4-6-16-10/h1-3,5,7H,4,6H2,(H2,13,14,15). The molecule has 0 radical (unpaired) electrons. The Balaban J connectivity index is 2.07. The van der Waals surface area contributed by atoms with Crippen molar-refractivity contribution in [2.75, 3.05) is 12.3 Å². The molecule has 2 aromatic rings. The van der Waals surface area contributed by atoms with Crippen LogP contribution in [0.1, 0.15) is 5.56 Å². The van der Waals surface area contributed by atoms with Crippen LogP contribution in [-0.4, -0.2) is 16.6 Å². The quantitative estimate of drug-likeness (QED) is 0.782. The van der Waals surface area contributed by atoms with Gasteiger partial charge in [0, 0.05) is 18.2 Å². The van der Waals surface area contributed by atoms with Crippen LogP contribution in [0.5, 0.6) is 5.75 Å².